The Hall–Kier alpha value is -3.98. The Labute approximate surface area is 193 Å². The molecule has 9 nitrogen and oxygen atoms in total. The van der Waals surface area contributed by atoms with E-state index in [4.69, 9.17) is 21.1 Å². The number of carbonyl (C=O) groups is 2. The number of nitrogens with one attached hydrogen (secondary N) is 2. The summed E-state index contributed by atoms with van der Waals surface area (Å²) >= 11 is 6.01. The standard InChI is InChI=1S/C23H20ClN3O6/c24-16-4-1-3-14(9-16)12-27-8-2-5-17(22(27)30)25-23(31)26-18(11-21(28)29)15-6-7-19-20(10-15)33-13-32-19/h1-10,18H,11-13H2,(H,28,29)(H2,25,26,31)/t18-/m0/s1. The van der Waals surface area contributed by atoms with Crippen LogP contribution in [0.15, 0.2) is 65.6 Å². The lowest BCUT2D eigenvalue weighted by atomic mass is 10.0. The van der Waals surface area contributed by atoms with Gasteiger partial charge in [0.25, 0.3) is 5.56 Å². The van der Waals surface area contributed by atoms with Crippen molar-refractivity contribution in [1.29, 1.82) is 0 Å². The van der Waals surface area contributed by atoms with Crippen molar-refractivity contribution < 1.29 is 24.2 Å². The van der Waals surface area contributed by atoms with Gasteiger partial charge < -0.3 is 29.8 Å². The molecule has 0 saturated heterocycles. The van der Waals surface area contributed by atoms with Gasteiger partial charge in [0, 0.05) is 11.2 Å². The lowest BCUT2D eigenvalue weighted by Crippen LogP contribution is -2.36. The second-order valence-corrected chi connectivity index (χ2v) is 7.78. The summed E-state index contributed by atoms with van der Waals surface area (Å²) in [5.74, 6) is -0.0829. The molecule has 33 heavy (non-hydrogen) atoms. The Balaban J connectivity index is 1.49. The Morgan fingerprint density at radius 2 is 1.91 bits per heavy atom. The molecule has 1 aliphatic rings. The van der Waals surface area contributed by atoms with Crippen LogP contribution in [0.25, 0.3) is 0 Å². The largest absolute Gasteiger partial charge is 0.481 e. The summed E-state index contributed by atoms with van der Waals surface area (Å²) in [7, 11) is 0. The maximum atomic E-state index is 12.8. The molecule has 0 radical (unpaired) electrons. The molecular formula is C23H20ClN3O6. The van der Waals surface area contributed by atoms with Gasteiger partial charge >= 0.3 is 12.0 Å². The highest BCUT2D eigenvalue weighted by atomic mass is 35.5. The van der Waals surface area contributed by atoms with Crippen LogP contribution in [0.1, 0.15) is 23.6 Å². The molecule has 1 atom stereocenters. The van der Waals surface area contributed by atoms with Gasteiger partial charge in [-0.05, 0) is 47.5 Å². The van der Waals surface area contributed by atoms with E-state index in [0.717, 1.165) is 5.56 Å². The number of benzene rings is 2. The number of aromatic nitrogens is 1. The summed E-state index contributed by atoms with van der Waals surface area (Å²) in [5.41, 5.74) is 1.00. The summed E-state index contributed by atoms with van der Waals surface area (Å²) < 4.78 is 12.0. The van der Waals surface area contributed by atoms with Gasteiger partial charge in [-0.25, -0.2) is 4.79 Å². The zero-order valence-corrected chi connectivity index (χ0v) is 18.0. The van der Waals surface area contributed by atoms with Gasteiger partial charge in [0.15, 0.2) is 11.5 Å². The smallest absolute Gasteiger partial charge is 0.319 e. The van der Waals surface area contributed by atoms with E-state index in [1.54, 1.807) is 48.7 Å². The molecule has 170 valence electrons. The number of hydrogen-bond acceptors (Lipinski definition) is 5. The molecule has 0 unspecified atom stereocenters. The van der Waals surface area contributed by atoms with Crippen LogP contribution in [-0.4, -0.2) is 28.5 Å². The monoisotopic (exact) mass is 469 g/mol. The van der Waals surface area contributed by atoms with Gasteiger partial charge in [-0.2, -0.15) is 0 Å². The van der Waals surface area contributed by atoms with Gasteiger partial charge in [-0.3, -0.25) is 9.59 Å². The van der Waals surface area contributed by atoms with Crippen LogP contribution in [0.5, 0.6) is 11.5 Å². The number of fused-ring (bicyclic) bond motifs is 1. The third-order valence-electron chi connectivity index (χ3n) is 4.99. The number of carbonyl (C=O) groups excluding carboxylic acids is 1. The van der Waals surface area contributed by atoms with Crippen molar-refractivity contribution in [2.24, 2.45) is 0 Å². The number of hydrogen-bond donors (Lipinski definition) is 3. The molecule has 2 aromatic carbocycles. The minimum absolute atomic E-state index is 0.0526. The van der Waals surface area contributed by atoms with Gasteiger partial charge in [-0.1, -0.05) is 29.8 Å². The minimum atomic E-state index is -1.10. The zero-order chi connectivity index (χ0) is 23.4. The number of carboxylic acid groups (broad SMARTS) is 1. The van der Waals surface area contributed by atoms with E-state index in [1.165, 1.54) is 10.6 Å². The third kappa shape index (κ3) is 5.45. The summed E-state index contributed by atoms with van der Waals surface area (Å²) in [6.07, 6.45) is 1.24. The maximum Gasteiger partial charge on any atom is 0.319 e. The number of amides is 2. The van der Waals surface area contributed by atoms with Gasteiger partial charge in [0.05, 0.1) is 19.0 Å². The molecule has 0 spiro atoms. The van der Waals surface area contributed by atoms with Crippen molar-refractivity contribution in [3.05, 3.63) is 87.3 Å². The molecular weight excluding hydrogens is 450 g/mol. The summed E-state index contributed by atoms with van der Waals surface area (Å²) in [6, 6.07) is 13.6. The van der Waals surface area contributed by atoms with Crippen molar-refractivity contribution in [2.75, 3.05) is 12.1 Å². The fourth-order valence-corrected chi connectivity index (χ4v) is 3.67. The van der Waals surface area contributed by atoms with Crippen LogP contribution in [0.2, 0.25) is 5.02 Å². The maximum absolute atomic E-state index is 12.8. The predicted molar refractivity (Wildman–Crippen MR) is 121 cm³/mol. The second kappa shape index (κ2) is 9.66. The van der Waals surface area contributed by atoms with E-state index < -0.39 is 23.6 Å². The van der Waals surface area contributed by atoms with E-state index in [2.05, 4.69) is 10.6 Å². The summed E-state index contributed by atoms with van der Waals surface area (Å²) in [5, 5.41) is 15.0. The van der Waals surface area contributed by atoms with Crippen LogP contribution < -0.4 is 25.7 Å². The van der Waals surface area contributed by atoms with Gasteiger partial charge in [0.1, 0.15) is 5.69 Å². The second-order valence-electron chi connectivity index (χ2n) is 7.35. The highest BCUT2D eigenvalue weighted by Gasteiger charge is 2.22. The molecule has 0 fully saturated rings. The molecule has 4 rings (SSSR count). The number of anilines is 1. The number of rotatable bonds is 7. The molecule has 3 N–H and O–H groups in total. The van der Waals surface area contributed by atoms with Crippen molar-refractivity contribution in [3.63, 3.8) is 0 Å². The quantitative estimate of drug-likeness (QED) is 0.486. The first kappa shape index (κ1) is 22.2. The van der Waals surface area contributed by atoms with E-state index in [1.807, 2.05) is 6.07 Å². The van der Waals surface area contributed by atoms with Gasteiger partial charge in [-0.15, -0.1) is 0 Å². The number of urea groups is 1. The topological polar surface area (TPSA) is 119 Å². The molecule has 0 bridgehead atoms. The number of halogens is 1. The SMILES string of the molecule is O=C(O)C[C@H](NC(=O)Nc1cccn(Cc2cccc(Cl)c2)c1=O)c1ccc2c(c1)OCO2. The summed E-state index contributed by atoms with van der Waals surface area (Å²) in [4.78, 5) is 36.8. The van der Waals surface area contributed by atoms with E-state index in [9.17, 15) is 19.5 Å². The first-order valence-electron chi connectivity index (χ1n) is 10.0. The van der Waals surface area contributed by atoms with E-state index in [0.29, 0.717) is 22.1 Å². The average Bonchev–Trinajstić information content (AvgIpc) is 3.24. The fraction of sp³-hybridized carbons (Fsp3) is 0.174. The predicted octanol–water partition coefficient (Wildman–Crippen LogP) is 3.62. The minimum Gasteiger partial charge on any atom is -0.481 e. The molecule has 2 heterocycles. The lowest BCUT2D eigenvalue weighted by Gasteiger charge is -2.18. The number of ether oxygens (including phenoxy) is 2. The Morgan fingerprint density at radius 3 is 2.70 bits per heavy atom. The number of nitrogens with zero attached hydrogens (tertiary/aromatic N) is 1. The number of aliphatic carboxylic acids is 1. The van der Waals surface area contributed by atoms with Crippen molar-refractivity contribution in [2.45, 2.75) is 19.0 Å². The van der Waals surface area contributed by atoms with Crippen LogP contribution in [0.4, 0.5) is 10.5 Å². The molecule has 10 heteroatoms. The van der Waals surface area contributed by atoms with E-state index >= 15 is 0 Å². The average molecular weight is 470 g/mol. The van der Waals surface area contributed by atoms with Crippen molar-refractivity contribution in [1.82, 2.24) is 9.88 Å². The highest BCUT2D eigenvalue weighted by Crippen LogP contribution is 2.34. The molecule has 0 aliphatic carbocycles. The van der Waals surface area contributed by atoms with Crippen LogP contribution in [-0.2, 0) is 11.3 Å². The van der Waals surface area contributed by atoms with Crippen LogP contribution in [0.3, 0.4) is 0 Å². The normalized spacial score (nSPS) is 12.8. The van der Waals surface area contributed by atoms with Crippen molar-refractivity contribution >= 4 is 29.3 Å². The molecule has 3 aromatic rings. The Morgan fingerprint density at radius 1 is 1.09 bits per heavy atom. The Bertz CT molecular complexity index is 1260. The fourth-order valence-electron chi connectivity index (χ4n) is 3.46. The van der Waals surface area contributed by atoms with E-state index in [-0.39, 0.29) is 25.4 Å². The number of carboxylic acids is 1. The molecule has 2 amide bonds. The molecule has 1 aromatic heterocycles. The molecule has 1 aliphatic heterocycles. The summed E-state index contributed by atoms with van der Waals surface area (Å²) in [6.45, 7) is 0.348. The zero-order valence-electron chi connectivity index (χ0n) is 17.3. The first-order valence-corrected chi connectivity index (χ1v) is 10.4. The third-order valence-corrected chi connectivity index (χ3v) is 5.23. The Kier molecular flexibility index (Phi) is 6.50. The van der Waals surface area contributed by atoms with Crippen LogP contribution in [0, 0.1) is 0 Å². The highest BCUT2D eigenvalue weighted by molar-refractivity contribution is 6.30. The molecule has 0 saturated carbocycles. The number of pyridine rings is 1. The van der Waals surface area contributed by atoms with Crippen molar-refractivity contribution in [3.8, 4) is 11.5 Å². The first-order chi connectivity index (χ1) is 15.9. The van der Waals surface area contributed by atoms with Crippen LogP contribution >= 0.6 is 11.6 Å². The van der Waals surface area contributed by atoms with Gasteiger partial charge in [0.2, 0.25) is 6.79 Å². The lowest BCUT2D eigenvalue weighted by molar-refractivity contribution is -0.137.